The second-order valence-electron chi connectivity index (χ2n) is 3.51. The summed E-state index contributed by atoms with van der Waals surface area (Å²) in [6.45, 7) is 2.22. The molecule has 1 N–H and O–H groups in total. The van der Waals surface area contributed by atoms with Gasteiger partial charge in [-0.1, -0.05) is 0 Å². The Bertz CT molecular complexity index is 409. The molecule has 0 aromatic carbocycles. The van der Waals surface area contributed by atoms with Crippen LogP contribution < -0.4 is 10.1 Å². The normalized spacial score (nSPS) is 10.6. The fourth-order valence-electron chi connectivity index (χ4n) is 1.34. The van der Waals surface area contributed by atoms with Gasteiger partial charge in [0.25, 0.3) is 0 Å². The Labute approximate surface area is 94.0 Å². The first-order valence-corrected chi connectivity index (χ1v) is 5.18. The summed E-state index contributed by atoms with van der Waals surface area (Å²) in [4.78, 5) is 0. The molecule has 0 aliphatic carbocycles. The first-order chi connectivity index (χ1) is 7.84. The number of aryl methyl sites for hydroxylation is 1. The lowest BCUT2D eigenvalue weighted by Crippen LogP contribution is -2.20. The predicted molar refractivity (Wildman–Crippen MR) is 59.1 cm³/mol. The maximum absolute atomic E-state index is 5.48. The molecule has 2 aromatic heterocycles. The third-order valence-corrected chi connectivity index (χ3v) is 2.14. The van der Waals surface area contributed by atoms with Crippen molar-refractivity contribution in [3.63, 3.8) is 0 Å². The Balaban J connectivity index is 1.59. The molecule has 0 fully saturated rings. The van der Waals surface area contributed by atoms with Crippen molar-refractivity contribution in [3.05, 3.63) is 36.5 Å². The van der Waals surface area contributed by atoms with Gasteiger partial charge in [-0.2, -0.15) is 5.10 Å². The van der Waals surface area contributed by atoms with Gasteiger partial charge in [0.15, 0.2) is 5.75 Å². The van der Waals surface area contributed by atoms with Crippen LogP contribution >= 0.6 is 0 Å². The van der Waals surface area contributed by atoms with Gasteiger partial charge in [0.2, 0.25) is 0 Å². The summed E-state index contributed by atoms with van der Waals surface area (Å²) in [7, 11) is 1.87. The second kappa shape index (κ2) is 5.37. The SMILES string of the molecule is Cn1cc(OCCNCc2ccoc2)cn1. The number of furan rings is 1. The third kappa shape index (κ3) is 3.13. The summed E-state index contributed by atoms with van der Waals surface area (Å²) < 4.78 is 12.2. The number of nitrogens with zero attached hydrogens (tertiary/aromatic N) is 2. The summed E-state index contributed by atoms with van der Waals surface area (Å²) in [5.41, 5.74) is 1.14. The number of ether oxygens (including phenoxy) is 1. The molecule has 0 radical (unpaired) electrons. The highest BCUT2D eigenvalue weighted by Crippen LogP contribution is 2.05. The monoisotopic (exact) mass is 221 g/mol. The molecule has 16 heavy (non-hydrogen) atoms. The smallest absolute Gasteiger partial charge is 0.157 e. The van der Waals surface area contributed by atoms with Crippen LogP contribution in [0.1, 0.15) is 5.56 Å². The van der Waals surface area contributed by atoms with E-state index in [9.17, 15) is 0 Å². The van der Waals surface area contributed by atoms with Crippen molar-refractivity contribution in [1.82, 2.24) is 15.1 Å². The van der Waals surface area contributed by atoms with Gasteiger partial charge in [0.05, 0.1) is 24.9 Å². The topological polar surface area (TPSA) is 52.2 Å². The van der Waals surface area contributed by atoms with Crippen molar-refractivity contribution < 1.29 is 9.15 Å². The highest BCUT2D eigenvalue weighted by molar-refractivity contribution is 5.11. The summed E-state index contributed by atoms with van der Waals surface area (Å²) in [6.07, 6.45) is 6.95. The van der Waals surface area contributed by atoms with E-state index in [0.29, 0.717) is 6.61 Å². The zero-order valence-electron chi connectivity index (χ0n) is 9.22. The number of aromatic nitrogens is 2. The lowest BCUT2D eigenvalue weighted by molar-refractivity contribution is 0.313. The highest BCUT2D eigenvalue weighted by Gasteiger charge is 1.96. The lowest BCUT2D eigenvalue weighted by Gasteiger charge is -2.04. The van der Waals surface area contributed by atoms with E-state index in [1.807, 2.05) is 19.3 Å². The van der Waals surface area contributed by atoms with Gasteiger partial charge >= 0.3 is 0 Å². The molecular formula is C11H15N3O2. The van der Waals surface area contributed by atoms with Crippen LogP contribution in [0.15, 0.2) is 35.4 Å². The molecule has 0 bridgehead atoms. The van der Waals surface area contributed by atoms with Crippen LogP contribution in [0.3, 0.4) is 0 Å². The Kier molecular flexibility index (Phi) is 3.61. The molecule has 0 aliphatic rings. The molecule has 2 rings (SSSR count). The fraction of sp³-hybridized carbons (Fsp3) is 0.364. The van der Waals surface area contributed by atoms with Crippen LogP contribution in [0.25, 0.3) is 0 Å². The van der Waals surface area contributed by atoms with Crippen molar-refractivity contribution >= 4 is 0 Å². The molecule has 2 heterocycles. The van der Waals surface area contributed by atoms with Crippen molar-refractivity contribution in [2.45, 2.75) is 6.54 Å². The van der Waals surface area contributed by atoms with Crippen LogP contribution in [0.4, 0.5) is 0 Å². The molecule has 0 spiro atoms. The molecule has 0 unspecified atom stereocenters. The number of hydrogen-bond donors (Lipinski definition) is 1. The Morgan fingerprint density at radius 1 is 1.56 bits per heavy atom. The van der Waals surface area contributed by atoms with Crippen molar-refractivity contribution in [1.29, 1.82) is 0 Å². The van der Waals surface area contributed by atoms with Crippen LogP contribution in [-0.4, -0.2) is 22.9 Å². The number of rotatable bonds is 6. The van der Waals surface area contributed by atoms with E-state index in [1.54, 1.807) is 23.4 Å². The van der Waals surface area contributed by atoms with Crippen molar-refractivity contribution in [3.8, 4) is 5.75 Å². The van der Waals surface area contributed by atoms with E-state index in [4.69, 9.17) is 9.15 Å². The molecule has 0 saturated carbocycles. The van der Waals surface area contributed by atoms with Gasteiger partial charge in [-0.05, 0) is 6.07 Å². The lowest BCUT2D eigenvalue weighted by atomic mass is 10.3. The molecule has 5 heteroatoms. The summed E-state index contributed by atoms with van der Waals surface area (Å²) in [6, 6.07) is 1.94. The van der Waals surface area contributed by atoms with Crippen LogP contribution in [0.2, 0.25) is 0 Å². The Hall–Kier alpha value is -1.75. The van der Waals surface area contributed by atoms with Crippen molar-refractivity contribution in [2.24, 2.45) is 7.05 Å². The summed E-state index contributed by atoms with van der Waals surface area (Å²) in [5.74, 6) is 0.799. The van der Waals surface area contributed by atoms with Crippen molar-refractivity contribution in [2.75, 3.05) is 13.2 Å². The number of nitrogens with one attached hydrogen (secondary N) is 1. The van der Waals surface area contributed by atoms with Gasteiger partial charge in [0, 0.05) is 25.7 Å². The Morgan fingerprint density at radius 3 is 3.19 bits per heavy atom. The quantitative estimate of drug-likeness (QED) is 0.744. The van der Waals surface area contributed by atoms with E-state index < -0.39 is 0 Å². The maximum Gasteiger partial charge on any atom is 0.157 e. The highest BCUT2D eigenvalue weighted by atomic mass is 16.5. The zero-order valence-corrected chi connectivity index (χ0v) is 9.22. The van der Waals surface area contributed by atoms with Crippen LogP contribution in [0.5, 0.6) is 5.75 Å². The van der Waals surface area contributed by atoms with Gasteiger partial charge in [-0.25, -0.2) is 0 Å². The first kappa shape index (κ1) is 10.8. The maximum atomic E-state index is 5.48. The molecule has 0 saturated heterocycles. The van der Waals surface area contributed by atoms with E-state index in [-0.39, 0.29) is 0 Å². The van der Waals surface area contributed by atoms with Gasteiger partial charge in [-0.3, -0.25) is 4.68 Å². The molecule has 2 aromatic rings. The van der Waals surface area contributed by atoms with Crippen LogP contribution in [0, 0.1) is 0 Å². The van der Waals surface area contributed by atoms with E-state index in [1.165, 1.54) is 0 Å². The summed E-state index contributed by atoms with van der Waals surface area (Å²) >= 11 is 0. The third-order valence-electron chi connectivity index (χ3n) is 2.14. The van der Waals surface area contributed by atoms with Crippen LogP contribution in [-0.2, 0) is 13.6 Å². The largest absolute Gasteiger partial charge is 0.489 e. The molecule has 5 nitrogen and oxygen atoms in total. The predicted octanol–water partition coefficient (Wildman–Crippen LogP) is 1.18. The molecule has 0 amide bonds. The van der Waals surface area contributed by atoms with E-state index in [2.05, 4.69) is 10.4 Å². The van der Waals surface area contributed by atoms with Gasteiger partial charge in [-0.15, -0.1) is 0 Å². The van der Waals surface area contributed by atoms with Gasteiger partial charge in [0.1, 0.15) is 6.61 Å². The first-order valence-electron chi connectivity index (χ1n) is 5.18. The average Bonchev–Trinajstić information content (AvgIpc) is 2.89. The molecule has 0 aliphatic heterocycles. The summed E-state index contributed by atoms with van der Waals surface area (Å²) in [5, 5.41) is 7.27. The molecular weight excluding hydrogens is 206 g/mol. The van der Waals surface area contributed by atoms with E-state index >= 15 is 0 Å². The van der Waals surface area contributed by atoms with E-state index in [0.717, 1.165) is 24.4 Å². The average molecular weight is 221 g/mol. The fourth-order valence-corrected chi connectivity index (χ4v) is 1.34. The minimum Gasteiger partial charge on any atom is -0.489 e. The number of hydrogen-bond acceptors (Lipinski definition) is 4. The molecule has 0 atom stereocenters. The zero-order chi connectivity index (χ0) is 11.2. The molecule has 86 valence electrons. The minimum atomic E-state index is 0.629. The van der Waals surface area contributed by atoms with Gasteiger partial charge < -0.3 is 14.5 Å². The second-order valence-corrected chi connectivity index (χ2v) is 3.51. The standard InChI is InChI=1S/C11H15N3O2/c1-14-8-11(7-13-14)16-5-3-12-6-10-2-4-15-9-10/h2,4,7-9,12H,3,5-6H2,1H3. The Morgan fingerprint density at radius 2 is 2.50 bits per heavy atom. The minimum absolute atomic E-state index is 0.629.